The number of likely N-dealkylation sites (N-methyl/N-ethyl adjacent to an activating group) is 1. The monoisotopic (exact) mass is 279 g/mol. The average Bonchev–Trinajstić information content (AvgIpc) is 3.18. The molecule has 0 aromatic carbocycles. The van der Waals surface area contributed by atoms with Crippen LogP contribution >= 0.6 is 0 Å². The zero-order valence-corrected chi connectivity index (χ0v) is 12.5. The Morgan fingerprint density at radius 2 is 2.10 bits per heavy atom. The molecule has 20 heavy (non-hydrogen) atoms. The van der Waals surface area contributed by atoms with Crippen molar-refractivity contribution >= 4 is 0 Å². The van der Waals surface area contributed by atoms with Crippen LogP contribution in [0.25, 0.3) is 0 Å². The molecule has 0 bridgehead atoms. The number of hydrogen-bond donors (Lipinski definition) is 1. The summed E-state index contributed by atoms with van der Waals surface area (Å²) in [5, 5.41) is 7.63. The lowest BCUT2D eigenvalue weighted by Crippen LogP contribution is -2.29. The van der Waals surface area contributed by atoms with Crippen molar-refractivity contribution in [1.29, 1.82) is 0 Å². The van der Waals surface area contributed by atoms with Gasteiger partial charge in [0.25, 0.3) is 0 Å². The van der Waals surface area contributed by atoms with E-state index < -0.39 is 0 Å². The van der Waals surface area contributed by atoms with Gasteiger partial charge in [-0.15, -0.1) is 0 Å². The first-order valence-electron chi connectivity index (χ1n) is 7.94. The van der Waals surface area contributed by atoms with Crippen LogP contribution in [0.5, 0.6) is 0 Å². The highest BCUT2D eigenvalue weighted by Crippen LogP contribution is 2.42. The van der Waals surface area contributed by atoms with Gasteiger partial charge in [0.15, 0.2) is 0 Å². The summed E-state index contributed by atoms with van der Waals surface area (Å²) in [5.41, 5.74) is -0.287. The maximum Gasteiger partial charge on any atom is 0.231 e. The van der Waals surface area contributed by atoms with Gasteiger partial charge in [-0.2, -0.15) is 4.98 Å². The Morgan fingerprint density at radius 1 is 1.30 bits per heavy atom. The topological polar surface area (TPSA) is 60.2 Å². The first-order valence-corrected chi connectivity index (χ1v) is 7.94. The van der Waals surface area contributed by atoms with E-state index in [1.807, 2.05) is 14.0 Å². The zero-order valence-electron chi connectivity index (χ0n) is 12.5. The van der Waals surface area contributed by atoms with Crippen molar-refractivity contribution in [3.8, 4) is 0 Å². The molecule has 0 spiro atoms. The van der Waals surface area contributed by atoms with Gasteiger partial charge in [-0.3, -0.25) is 0 Å². The molecule has 0 aliphatic heterocycles. The number of hydrogen-bond acceptors (Lipinski definition) is 5. The van der Waals surface area contributed by atoms with Crippen LogP contribution in [0.3, 0.4) is 0 Å². The fraction of sp³-hybridized carbons (Fsp3) is 0.867. The Kier molecular flexibility index (Phi) is 4.08. The van der Waals surface area contributed by atoms with Gasteiger partial charge in [0, 0.05) is 12.6 Å². The third kappa shape index (κ3) is 2.37. The van der Waals surface area contributed by atoms with E-state index in [1.165, 1.54) is 25.7 Å². The van der Waals surface area contributed by atoms with Crippen LogP contribution in [0, 0.1) is 0 Å². The lowest BCUT2D eigenvalue weighted by atomic mass is 10.0. The molecule has 2 saturated carbocycles. The third-order valence-electron chi connectivity index (χ3n) is 4.89. The molecule has 2 fully saturated rings. The van der Waals surface area contributed by atoms with Crippen LogP contribution in [0.2, 0.25) is 0 Å². The highest BCUT2D eigenvalue weighted by molar-refractivity contribution is 5.09. The first-order chi connectivity index (χ1) is 9.79. The largest absolute Gasteiger partial charge is 0.367 e. The predicted molar refractivity (Wildman–Crippen MR) is 75.5 cm³/mol. The summed E-state index contributed by atoms with van der Waals surface area (Å²) < 4.78 is 11.6. The minimum Gasteiger partial charge on any atom is -0.367 e. The Bertz CT molecular complexity index is 440. The molecule has 2 atom stereocenters. The molecule has 0 amide bonds. The number of nitrogens with zero attached hydrogens (tertiary/aromatic N) is 2. The first kappa shape index (κ1) is 14.0. The molecule has 2 unspecified atom stereocenters. The smallest absolute Gasteiger partial charge is 0.231 e. The van der Waals surface area contributed by atoms with E-state index in [0.717, 1.165) is 31.0 Å². The Balaban J connectivity index is 1.82. The van der Waals surface area contributed by atoms with E-state index >= 15 is 0 Å². The van der Waals surface area contributed by atoms with E-state index in [1.54, 1.807) is 0 Å². The Labute approximate surface area is 120 Å². The molecule has 5 heteroatoms. The molecule has 5 nitrogen and oxygen atoms in total. The summed E-state index contributed by atoms with van der Waals surface area (Å²) in [5.74, 6) is 1.93. The SMILES string of the molecule is CCOC1(c2noc(C3CCCC3NC)n2)CCCC1. The lowest BCUT2D eigenvalue weighted by Gasteiger charge is -2.24. The Hall–Kier alpha value is -0.940. The lowest BCUT2D eigenvalue weighted by molar-refractivity contribution is -0.0469. The molecule has 1 heterocycles. The highest BCUT2D eigenvalue weighted by atomic mass is 16.5. The average molecular weight is 279 g/mol. The molecular weight excluding hydrogens is 254 g/mol. The molecule has 3 rings (SSSR count). The van der Waals surface area contributed by atoms with E-state index in [9.17, 15) is 0 Å². The van der Waals surface area contributed by atoms with Gasteiger partial charge >= 0.3 is 0 Å². The van der Waals surface area contributed by atoms with Crippen molar-refractivity contribution in [1.82, 2.24) is 15.5 Å². The number of nitrogens with one attached hydrogen (secondary N) is 1. The van der Waals surface area contributed by atoms with Crippen molar-refractivity contribution in [3.05, 3.63) is 11.7 Å². The quantitative estimate of drug-likeness (QED) is 0.898. The van der Waals surface area contributed by atoms with Crippen molar-refractivity contribution in [2.24, 2.45) is 0 Å². The number of aromatic nitrogens is 2. The Morgan fingerprint density at radius 3 is 2.80 bits per heavy atom. The van der Waals surface area contributed by atoms with Crippen molar-refractivity contribution < 1.29 is 9.26 Å². The molecule has 0 saturated heterocycles. The van der Waals surface area contributed by atoms with Gasteiger partial charge in [0.05, 0.1) is 5.92 Å². The number of ether oxygens (including phenoxy) is 1. The van der Waals surface area contributed by atoms with E-state index in [-0.39, 0.29) is 5.60 Å². The van der Waals surface area contributed by atoms with Crippen LogP contribution in [-0.2, 0) is 10.3 Å². The van der Waals surface area contributed by atoms with Gasteiger partial charge in [-0.05, 0) is 52.5 Å². The second-order valence-corrected chi connectivity index (χ2v) is 6.02. The van der Waals surface area contributed by atoms with Crippen molar-refractivity contribution in [3.63, 3.8) is 0 Å². The summed E-state index contributed by atoms with van der Waals surface area (Å²) in [6, 6.07) is 0.468. The van der Waals surface area contributed by atoms with Gasteiger partial charge in [-0.1, -0.05) is 11.6 Å². The molecular formula is C15H25N3O2. The van der Waals surface area contributed by atoms with Crippen molar-refractivity contribution in [2.45, 2.75) is 69.4 Å². The van der Waals surface area contributed by atoms with Crippen LogP contribution < -0.4 is 5.32 Å². The fourth-order valence-electron chi connectivity index (χ4n) is 3.83. The van der Waals surface area contributed by atoms with Crippen LogP contribution in [0.4, 0.5) is 0 Å². The predicted octanol–water partition coefficient (Wildman–Crippen LogP) is 2.73. The molecule has 1 N–H and O–H groups in total. The van der Waals surface area contributed by atoms with Gasteiger partial charge in [0.2, 0.25) is 11.7 Å². The van der Waals surface area contributed by atoms with Crippen LogP contribution in [-0.4, -0.2) is 29.8 Å². The summed E-state index contributed by atoms with van der Waals surface area (Å²) in [4.78, 5) is 4.72. The van der Waals surface area contributed by atoms with Gasteiger partial charge in [-0.25, -0.2) is 0 Å². The minimum atomic E-state index is -0.287. The van der Waals surface area contributed by atoms with Crippen LogP contribution in [0.1, 0.15) is 69.5 Å². The summed E-state index contributed by atoms with van der Waals surface area (Å²) >= 11 is 0. The standard InChI is InChI=1S/C15H25N3O2/c1-3-19-15(9-4-5-10-15)14-17-13(20-18-14)11-7-6-8-12(11)16-2/h11-12,16H,3-10H2,1-2H3. The van der Waals surface area contributed by atoms with E-state index in [0.29, 0.717) is 18.6 Å². The van der Waals surface area contributed by atoms with Crippen molar-refractivity contribution in [2.75, 3.05) is 13.7 Å². The second kappa shape index (κ2) is 5.82. The van der Waals surface area contributed by atoms with Crippen LogP contribution in [0.15, 0.2) is 4.52 Å². The minimum absolute atomic E-state index is 0.287. The number of rotatable bonds is 5. The molecule has 0 radical (unpaired) electrons. The second-order valence-electron chi connectivity index (χ2n) is 6.02. The summed E-state index contributed by atoms with van der Waals surface area (Å²) in [7, 11) is 2.01. The van der Waals surface area contributed by atoms with E-state index in [2.05, 4.69) is 10.5 Å². The molecule has 1 aromatic heterocycles. The highest BCUT2D eigenvalue weighted by Gasteiger charge is 2.42. The molecule has 112 valence electrons. The zero-order chi connectivity index (χ0) is 14.0. The maximum atomic E-state index is 6.01. The molecule has 2 aliphatic carbocycles. The molecule has 2 aliphatic rings. The third-order valence-corrected chi connectivity index (χ3v) is 4.89. The van der Waals surface area contributed by atoms with E-state index in [4.69, 9.17) is 14.2 Å². The van der Waals surface area contributed by atoms with Gasteiger partial charge < -0.3 is 14.6 Å². The fourth-order valence-corrected chi connectivity index (χ4v) is 3.83. The molecule has 1 aromatic rings. The summed E-state index contributed by atoms with van der Waals surface area (Å²) in [6.07, 6.45) is 7.95. The van der Waals surface area contributed by atoms with Gasteiger partial charge in [0.1, 0.15) is 5.60 Å². The summed E-state index contributed by atoms with van der Waals surface area (Å²) in [6.45, 7) is 2.74. The maximum absolute atomic E-state index is 6.01. The normalized spacial score (nSPS) is 29.1.